The van der Waals surface area contributed by atoms with E-state index in [-0.39, 0.29) is 22.5 Å². The van der Waals surface area contributed by atoms with Crippen molar-refractivity contribution in [3.8, 4) is 5.75 Å². The average molecular weight is 381 g/mol. The molecule has 0 aliphatic carbocycles. The van der Waals surface area contributed by atoms with Crippen LogP contribution >= 0.6 is 0 Å². The van der Waals surface area contributed by atoms with E-state index in [1.807, 2.05) is 0 Å². The lowest BCUT2D eigenvalue weighted by molar-refractivity contribution is -0.384. The summed E-state index contributed by atoms with van der Waals surface area (Å²) in [6.45, 7) is 1.20. The third-order valence-electron chi connectivity index (χ3n) is 3.76. The molecule has 0 spiro atoms. The Labute approximate surface area is 158 Å². The maximum Gasteiger partial charge on any atom is 0.271 e. The number of amides is 2. The standard InChI is InChI=1S/C19H15N3O6/c1-11(23)20-18(24)15-9-12-5-3-8-16(27-2)17(12)28-19(15)21-13-6-4-7-14(10-13)22(25)26/h3-10H,1-2H3,(H,20,23,24). The fourth-order valence-electron chi connectivity index (χ4n) is 2.55. The molecule has 3 rings (SSSR count). The van der Waals surface area contributed by atoms with Crippen LogP contribution in [0.5, 0.6) is 5.75 Å². The van der Waals surface area contributed by atoms with Crippen LogP contribution in [0.2, 0.25) is 0 Å². The Morgan fingerprint density at radius 2 is 1.93 bits per heavy atom. The first-order valence-corrected chi connectivity index (χ1v) is 8.11. The second-order valence-corrected chi connectivity index (χ2v) is 5.74. The number of imide groups is 1. The molecule has 142 valence electrons. The number of rotatable bonds is 4. The van der Waals surface area contributed by atoms with Crippen molar-refractivity contribution in [3.63, 3.8) is 0 Å². The van der Waals surface area contributed by atoms with Crippen molar-refractivity contribution in [1.29, 1.82) is 0 Å². The predicted molar refractivity (Wildman–Crippen MR) is 99.2 cm³/mol. The number of fused-ring (bicyclic) bond motifs is 1. The van der Waals surface area contributed by atoms with Crippen LogP contribution in [-0.4, -0.2) is 23.8 Å². The van der Waals surface area contributed by atoms with E-state index in [1.165, 1.54) is 44.4 Å². The van der Waals surface area contributed by atoms with Crippen LogP contribution in [-0.2, 0) is 4.79 Å². The number of carbonyl (C=O) groups is 2. The summed E-state index contributed by atoms with van der Waals surface area (Å²) in [5, 5.41) is 13.7. The SMILES string of the molecule is COc1cccc2cc(C(=O)NC(C)=O)c(=Nc3cccc([N+](=O)[O-])c3)oc12. The van der Waals surface area contributed by atoms with Gasteiger partial charge in [-0.25, -0.2) is 4.99 Å². The van der Waals surface area contributed by atoms with Gasteiger partial charge >= 0.3 is 0 Å². The van der Waals surface area contributed by atoms with Gasteiger partial charge in [0.05, 0.1) is 17.7 Å². The summed E-state index contributed by atoms with van der Waals surface area (Å²) in [6, 6.07) is 12.2. The molecule has 28 heavy (non-hydrogen) atoms. The molecule has 9 heteroatoms. The van der Waals surface area contributed by atoms with Gasteiger partial charge in [0.1, 0.15) is 5.56 Å². The highest BCUT2D eigenvalue weighted by molar-refractivity contribution is 6.05. The van der Waals surface area contributed by atoms with Crippen molar-refractivity contribution in [1.82, 2.24) is 5.32 Å². The summed E-state index contributed by atoms with van der Waals surface area (Å²) < 4.78 is 11.1. The van der Waals surface area contributed by atoms with Crippen molar-refractivity contribution in [3.05, 3.63) is 69.8 Å². The molecule has 3 aromatic rings. The highest BCUT2D eigenvalue weighted by Gasteiger charge is 2.16. The first-order chi connectivity index (χ1) is 13.4. The van der Waals surface area contributed by atoms with E-state index in [4.69, 9.17) is 9.15 Å². The normalized spacial score (nSPS) is 11.3. The number of nitrogens with zero attached hydrogens (tertiary/aromatic N) is 2. The Morgan fingerprint density at radius 3 is 2.61 bits per heavy atom. The van der Waals surface area contributed by atoms with E-state index in [0.29, 0.717) is 16.7 Å². The van der Waals surface area contributed by atoms with E-state index in [2.05, 4.69) is 10.3 Å². The lowest BCUT2D eigenvalue weighted by atomic mass is 10.1. The zero-order valence-electron chi connectivity index (χ0n) is 15.0. The average Bonchev–Trinajstić information content (AvgIpc) is 2.66. The van der Waals surface area contributed by atoms with Gasteiger partial charge in [-0.3, -0.25) is 25.0 Å². The van der Waals surface area contributed by atoms with Crippen molar-refractivity contribution >= 4 is 34.2 Å². The molecule has 0 aliphatic heterocycles. The molecule has 0 bridgehead atoms. The highest BCUT2D eigenvalue weighted by atomic mass is 16.6. The van der Waals surface area contributed by atoms with Crippen molar-refractivity contribution < 1.29 is 23.7 Å². The Bertz CT molecular complexity index is 1170. The lowest BCUT2D eigenvalue weighted by Gasteiger charge is -2.07. The molecule has 0 fully saturated rings. The molecule has 0 radical (unpaired) electrons. The largest absolute Gasteiger partial charge is 0.493 e. The number of para-hydroxylation sites is 1. The predicted octanol–water partition coefficient (Wildman–Crippen LogP) is 2.86. The second-order valence-electron chi connectivity index (χ2n) is 5.74. The topological polar surface area (TPSA) is 124 Å². The van der Waals surface area contributed by atoms with Gasteiger partial charge in [0.25, 0.3) is 11.6 Å². The van der Waals surface area contributed by atoms with E-state index in [9.17, 15) is 19.7 Å². The third kappa shape index (κ3) is 3.88. The number of methoxy groups -OCH3 is 1. The Balaban J connectivity index is 2.28. The summed E-state index contributed by atoms with van der Waals surface area (Å²) in [4.78, 5) is 38.4. The quantitative estimate of drug-likeness (QED) is 0.547. The summed E-state index contributed by atoms with van der Waals surface area (Å²) in [6.07, 6.45) is 0. The summed E-state index contributed by atoms with van der Waals surface area (Å²) in [7, 11) is 1.47. The molecule has 0 unspecified atom stereocenters. The maximum absolute atomic E-state index is 12.4. The van der Waals surface area contributed by atoms with Crippen molar-refractivity contribution in [2.75, 3.05) is 7.11 Å². The number of hydrogen-bond donors (Lipinski definition) is 1. The number of nitro benzene ring substituents is 1. The summed E-state index contributed by atoms with van der Waals surface area (Å²) >= 11 is 0. The minimum absolute atomic E-state index is 0.00228. The zero-order valence-corrected chi connectivity index (χ0v) is 15.0. The molecule has 0 atom stereocenters. The van der Waals surface area contributed by atoms with Gasteiger partial charge in [-0.05, 0) is 18.2 Å². The van der Waals surface area contributed by atoms with Crippen LogP contribution in [0.15, 0.2) is 57.9 Å². The molecular formula is C19H15N3O6. The highest BCUT2D eigenvalue weighted by Crippen LogP contribution is 2.25. The molecule has 9 nitrogen and oxygen atoms in total. The van der Waals surface area contributed by atoms with Gasteiger partial charge in [0.2, 0.25) is 11.5 Å². The van der Waals surface area contributed by atoms with Gasteiger partial charge in [0.15, 0.2) is 11.3 Å². The number of nitro groups is 1. The first kappa shape index (κ1) is 18.8. The lowest BCUT2D eigenvalue weighted by Crippen LogP contribution is -2.32. The number of benzene rings is 2. The molecule has 0 aliphatic rings. The molecule has 1 heterocycles. The summed E-state index contributed by atoms with van der Waals surface area (Å²) in [5.74, 6) is -0.825. The van der Waals surface area contributed by atoms with Gasteiger partial charge in [-0.1, -0.05) is 18.2 Å². The molecule has 0 saturated heterocycles. The smallest absolute Gasteiger partial charge is 0.271 e. The van der Waals surface area contributed by atoms with E-state index in [1.54, 1.807) is 18.2 Å². The third-order valence-corrected chi connectivity index (χ3v) is 3.76. The van der Waals surface area contributed by atoms with Gasteiger partial charge in [-0.15, -0.1) is 0 Å². The van der Waals surface area contributed by atoms with Crippen LogP contribution in [0.3, 0.4) is 0 Å². The minimum atomic E-state index is -0.704. The fourth-order valence-corrected chi connectivity index (χ4v) is 2.55. The number of nitrogens with one attached hydrogen (secondary N) is 1. The van der Waals surface area contributed by atoms with E-state index < -0.39 is 16.7 Å². The molecule has 2 aromatic carbocycles. The molecular weight excluding hydrogens is 366 g/mol. The minimum Gasteiger partial charge on any atom is -0.493 e. The van der Waals surface area contributed by atoms with Crippen LogP contribution in [0, 0.1) is 10.1 Å². The van der Waals surface area contributed by atoms with Crippen LogP contribution < -0.4 is 15.6 Å². The summed E-state index contributed by atoms with van der Waals surface area (Å²) in [5.41, 5.74) is 0.283. The van der Waals surface area contributed by atoms with Crippen LogP contribution in [0.1, 0.15) is 17.3 Å². The number of hydrogen-bond acceptors (Lipinski definition) is 7. The number of carbonyl (C=O) groups excluding carboxylic acids is 2. The fraction of sp³-hybridized carbons (Fsp3) is 0.105. The molecule has 1 aromatic heterocycles. The van der Waals surface area contributed by atoms with Crippen molar-refractivity contribution in [2.45, 2.75) is 6.92 Å². The monoisotopic (exact) mass is 381 g/mol. The Kier molecular flexibility index (Phi) is 5.16. The van der Waals surface area contributed by atoms with Crippen molar-refractivity contribution in [2.24, 2.45) is 4.99 Å². The van der Waals surface area contributed by atoms with Gasteiger partial charge < -0.3 is 9.15 Å². The van der Waals surface area contributed by atoms with Crippen LogP contribution in [0.25, 0.3) is 11.0 Å². The number of non-ortho nitro benzene ring substituents is 1. The van der Waals surface area contributed by atoms with Crippen LogP contribution in [0.4, 0.5) is 11.4 Å². The molecule has 1 N–H and O–H groups in total. The molecule has 2 amide bonds. The Morgan fingerprint density at radius 1 is 1.18 bits per heavy atom. The maximum atomic E-state index is 12.4. The van der Waals surface area contributed by atoms with E-state index >= 15 is 0 Å². The number of ether oxygens (including phenoxy) is 1. The molecule has 0 saturated carbocycles. The van der Waals surface area contributed by atoms with Gasteiger partial charge in [0, 0.05) is 24.4 Å². The Hall–Kier alpha value is -4.01. The van der Waals surface area contributed by atoms with Gasteiger partial charge in [-0.2, -0.15) is 0 Å². The second kappa shape index (κ2) is 7.70. The zero-order chi connectivity index (χ0) is 20.3. The first-order valence-electron chi connectivity index (χ1n) is 8.11. The van der Waals surface area contributed by atoms with E-state index in [0.717, 1.165) is 0 Å².